The minimum absolute atomic E-state index is 0.218. The predicted molar refractivity (Wildman–Crippen MR) is 69.9 cm³/mol. The number of carboxylic acid groups (broad SMARTS) is 1. The number of Topliss-reactive ketones (excluding diaryl/α,β-unsaturated/α-hetero) is 1. The first kappa shape index (κ1) is 13.3. The maximum absolute atomic E-state index is 11.2. The number of fused-ring (bicyclic) bond motifs is 1. The monoisotopic (exact) mass is 261 g/mol. The van der Waals surface area contributed by atoms with Gasteiger partial charge in [-0.15, -0.1) is 0 Å². The van der Waals surface area contributed by atoms with Crippen molar-refractivity contribution in [1.29, 1.82) is 0 Å². The summed E-state index contributed by atoms with van der Waals surface area (Å²) in [5.41, 5.74) is 0.428. The maximum atomic E-state index is 11.2. The van der Waals surface area contributed by atoms with Crippen LogP contribution in [0.25, 0.3) is 10.9 Å². The molecule has 1 aromatic carbocycles. The molecule has 0 aliphatic rings. The molecule has 0 spiro atoms. The molecule has 2 rings (SSSR count). The normalized spacial score (nSPS) is 14.2. The zero-order valence-electron chi connectivity index (χ0n) is 10.5. The first-order valence-electron chi connectivity index (χ1n) is 5.92. The zero-order chi connectivity index (χ0) is 14.0. The number of hydrogen-bond donors (Lipinski definition) is 3. The third kappa shape index (κ3) is 3.00. The Balaban J connectivity index is 2.20. The lowest BCUT2D eigenvalue weighted by Crippen LogP contribution is -2.33. The number of hydrogen-bond acceptors (Lipinski definition) is 3. The van der Waals surface area contributed by atoms with Gasteiger partial charge in [-0.25, -0.2) is 4.79 Å². The molecule has 2 aromatic rings. The van der Waals surface area contributed by atoms with Crippen molar-refractivity contribution in [3.8, 4) is 0 Å². The van der Waals surface area contributed by atoms with Crippen LogP contribution in [0.15, 0.2) is 30.5 Å². The minimum Gasteiger partial charge on any atom is -0.475 e. The number of ketones is 1. The second-order valence-corrected chi connectivity index (χ2v) is 4.94. The average molecular weight is 261 g/mol. The lowest BCUT2D eigenvalue weighted by atomic mass is 9.91. The molecule has 0 saturated carbocycles. The highest BCUT2D eigenvalue weighted by Gasteiger charge is 2.28. The van der Waals surface area contributed by atoms with Crippen molar-refractivity contribution in [3.05, 3.63) is 36.0 Å². The van der Waals surface area contributed by atoms with E-state index >= 15 is 0 Å². The minimum atomic E-state index is -1.51. The molecule has 5 nitrogen and oxygen atoms in total. The maximum Gasteiger partial charge on any atom is 0.372 e. The van der Waals surface area contributed by atoms with E-state index in [0.717, 1.165) is 16.5 Å². The molecule has 1 unspecified atom stereocenters. The van der Waals surface area contributed by atoms with Crippen LogP contribution in [-0.2, 0) is 16.0 Å². The second kappa shape index (κ2) is 4.85. The van der Waals surface area contributed by atoms with Crippen molar-refractivity contribution in [2.24, 2.45) is 0 Å². The largest absolute Gasteiger partial charge is 0.475 e. The zero-order valence-corrected chi connectivity index (χ0v) is 10.5. The Morgan fingerprint density at radius 1 is 1.32 bits per heavy atom. The van der Waals surface area contributed by atoms with Crippen molar-refractivity contribution in [1.82, 2.24) is 4.98 Å². The summed E-state index contributed by atoms with van der Waals surface area (Å²) in [4.78, 5) is 24.8. The molecule has 1 aromatic heterocycles. The summed E-state index contributed by atoms with van der Waals surface area (Å²) in [6.45, 7) is 1.47. The Kier molecular flexibility index (Phi) is 3.40. The number of aromatic nitrogens is 1. The first-order valence-corrected chi connectivity index (χ1v) is 5.92. The first-order chi connectivity index (χ1) is 8.89. The molecule has 0 radical (unpaired) electrons. The number of aromatic amines is 1. The third-order valence-corrected chi connectivity index (χ3v) is 3.03. The quantitative estimate of drug-likeness (QED) is 0.711. The fourth-order valence-corrected chi connectivity index (χ4v) is 2.17. The standard InChI is InChI=1S/C14H15NO4/c1-14(19,7-12(16)13(17)18)6-9-8-15-11-5-3-2-4-10(9)11/h2-5,8,15,19H,6-7H2,1H3,(H,17,18). The van der Waals surface area contributed by atoms with Crippen LogP contribution in [0, 0.1) is 0 Å². The molecule has 100 valence electrons. The average Bonchev–Trinajstić information content (AvgIpc) is 2.71. The van der Waals surface area contributed by atoms with E-state index in [4.69, 9.17) is 5.11 Å². The number of rotatable bonds is 5. The molecule has 0 saturated heterocycles. The van der Waals surface area contributed by atoms with Gasteiger partial charge >= 0.3 is 5.97 Å². The van der Waals surface area contributed by atoms with Crippen molar-refractivity contribution < 1.29 is 19.8 Å². The molecule has 3 N–H and O–H groups in total. The molecule has 5 heteroatoms. The van der Waals surface area contributed by atoms with E-state index < -0.39 is 23.8 Å². The number of nitrogens with one attached hydrogen (secondary N) is 1. The van der Waals surface area contributed by atoms with Crippen molar-refractivity contribution in [3.63, 3.8) is 0 Å². The molecule has 1 heterocycles. The highest BCUT2D eigenvalue weighted by molar-refractivity contribution is 6.32. The van der Waals surface area contributed by atoms with Crippen LogP contribution in [0.5, 0.6) is 0 Å². The number of para-hydroxylation sites is 1. The second-order valence-electron chi connectivity index (χ2n) is 4.94. The number of carbonyl (C=O) groups is 2. The summed E-state index contributed by atoms with van der Waals surface area (Å²) in [6, 6.07) is 7.61. The van der Waals surface area contributed by atoms with Gasteiger partial charge in [0.05, 0.1) is 5.60 Å². The van der Waals surface area contributed by atoms with Gasteiger partial charge in [0.2, 0.25) is 5.78 Å². The van der Waals surface area contributed by atoms with E-state index in [-0.39, 0.29) is 6.42 Å². The van der Waals surface area contributed by atoms with E-state index in [9.17, 15) is 14.7 Å². The lowest BCUT2D eigenvalue weighted by molar-refractivity contribution is -0.151. The number of H-pyrrole nitrogens is 1. The van der Waals surface area contributed by atoms with E-state index in [1.807, 2.05) is 24.3 Å². The summed E-state index contributed by atoms with van der Waals surface area (Å²) >= 11 is 0. The van der Waals surface area contributed by atoms with Gasteiger partial charge in [-0.3, -0.25) is 4.79 Å². The van der Waals surface area contributed by atoms with E-state index in [1.165, 1.54) is 6.92 Å². The number of aliphatic carboxylic acids is 1. The van der Waals surface area contributed by atoms with Crippen molar-refractivity contribution in [2.45, 2.75) is 25.4 Å². The van der Waals surface area contributed by atoms with Gasteiger partial charge in [-0.2, -0.15) is 0 Å². The van der Waals surface area contributed by atoms with Crippen LogP contribution in [0.4, 0.5) is 0 Å². The number of aliphatic hydroxyl groups is 1. The SMILES string of the molecule is CC(O)(CC(=O)C(=O)O)Cc1c[nH]c2ccccc12. The topological polar surface area (TPSA) is 90.4 Å². The summed E-state index contributed by atoms with van der Waals surface area (Å²) in [6.07, 6.45) is 1.59. The van der Waals surface area contributed by atoms with Gasteiger partial charge in [0, 0.05) is 29.9 Å². The Morgan fingerprint density at radius 2 is 2.00 bits per heavy atom. The van der Waals surface area contributed by atoms with Crippen molar-refractivity contribution in [2.75, 3.05) is 0 Å². The van der Waals surface area contributed by atoms with Crippen molar-refractivity contribution >= 4 is 22.7 Å². The van der Waals surface area contributed by atoms with Crippen LogP contribution >= 0.6 is 0 Å². The predicted octanol–water partition coefficient (Wildman–Crippen LogP) is 1.51. The molecular weight excluding hydrogens is 246 g/mol. The third-order valence-electron chi connectivity index (χ3n) is 3.03. The number of benzene rings is 1. The molecule has 0 aliphatic carbocycles. The fraction of sp³-hybridized carbons (Fsp3) is 0.286. The number of carboxylic acids is 1. The summed E-state index contributed by atoms with van der Waals surface area (Å²) in [7, 11) is 0. The van der Waals surface area contributed by atoms with Gasteiger partial charge in [-0.1, -0.05) is 18.2 Å². The van der Waals surface area contributed by atoms with Crippen LogP contribution in [0.1, 0.15) is 18.9 Å². The van der Waals surface area contributed by atoms with Crippen LogP contribution in [0.2, 0.25) is 0 Å². The molecular formula is C14H15NO4. The molecule has 1 atom stereocenters. The summed E-state index contributed by atoms with van der Waals surface area (Å²) < 4.78 is 0. The Hall–Kier alpha value is -2.14. The lowest BCUT2D eigenvalue weighted by Gasteiger charge is -2.21. The highest BCUT2D eigenvalue weighted by atomic mass is 16.4. The molecule has 0 amide bonds. The van der Waals surface area contributed by atoms with Gasteiger partial charge in [0.1, 0.15) is 0 Å². The van der Waals surface area contributed by atoms with E-state index in [0.29, 0.717) is 0 Å². The van der Waals surface area contributed by atoms with Crippen LogP contribution in [0.3, 0.4) is 0 Å². The fourth-order valence-electron chi connectivity index (χ4n) is 2.17. The van der Waals surface area contributed by atoms with Gasteiger partial charge in [0.25, 0.3) is 0 Å². The van der Waals surface area contributed by atoms with Gasteiger partial charge in [0.15, 0.2) is 0 Å². The van der Waals surface area contributed by atoms with Crippen LogP contribution in [-0.4, -0.2) is 32.6 Å². The van der Waals surface area contributed by atoms with Gasteiger partial charge < -0.3 is 15.2 Å². The summed E-state index contributed by atoms with van der Waals surface area (Å²) in [5.74, 6) is -2.50. The Morgan fingerprint density at radius 3 is 2.68 bits per heavy atom. The molecule has 0 bridgehead atoms. The van der Waals surface area contributed by atoms with Gasteiger partial charge in [-0.05, 0) is 18.6 Å². The highest BCUT2D eigenvalue weighted by Crippen LogP contribution is 2.24. The molecule has 0 aliphatic heterocycles. The Bertz CT molecular complexity index is 627. The summed E-state index contributed by atoms with van der Waals surface area (Å²) in [5, 5.41) is 19.7. The Labute approximate surface area is 109 Å². The number of carbonyl (C=O) groups excluding carboxylic acids is 1. The van der Waals surface area contributed by atoms with Crippen LogP contribution < -0.4 is 0 Å². The smallest absolute Gasteiger partial charge is 0.372 e. The van der Waals surface area contributed by atoms with E-state index in [2.05, 4.69) is 4.98 Å². The molecule has 0 fully saturated rings. The van der Waals surface area contributed by atoms with E-state index in [1.54, 1.807) is 6.20 Å². The molecule has 19 heavy (non-hydrogen) atoms.